The van der Waals surface area contributed by atoms with Crippen LogP contribution in [-0.2, 0) is 0 Å². The predicted octanol–water partition coefficient (Wildman–Crippen LogP) is 3.97. The molecule has 0 fully saturated rings. The second kappa shape index (κ2) is 9.50. The van der Waals surface area contributed by atoms with Gasteiger partial charge in [-0.05, 0) is 37.6 Å². The molecule has 0 amide bonds. The van der Waals surface area contributed by atoms with Crippen molar-refractivity contribution < 1.29 is 13.9 Å². The summed E-state index contributed by atoms with van der Waals surface area (Å²) in [6.45, 7) is 4.43. The Kier molecular flexibility index (Phi) is 7.36. The van der Waals surface area contributed by atoms with E-state index in [4.69, 9.17) is 11.6 Å². The van der Waals surface area contributed by atoms with Crippen molar-refractivity contribution in [3.05, 3.63) is 70.2 Å². The maximum Gasteiger partial charge on any atom is 0.191 e. The van der Waals surface area contributed by atoms with E-state index in [1.54, 1.807) is 24.3 Å². The molecule has 2 atom stereocenters. The fraction of sp³-hybridized carbons (Fsp3) is 0.316. The summed E-state index contributed by atoms with van der Waals surface area (Å²) < 4.78 is 26.5. The Labute approximate surface area is 156 Å². The molecule has 0 aliphatic rings. The molecule has 0 bridgehead atoms. The van der Waals surface area contributed by atoms with Crippen molar-refractivity contribution in [1.29, 1.82) is 0 Å². The van der Waals surface area contributed by atoms with E-state index in [0.717, 1.165) is 12.1 Å². The third-order valence-electron chi connectivity index (χ3n) is 3.83. The summed E-state index contributed by atoms with van der Waals surface area (Å²) in [7, 11) is 0. The maximum absolute atomic E-state index is 13.4. The van der Waals surface area contributed by atoms with E-state index in [1.165, 1.54) is 6.07 Å². The third-order valence-corrected chi connectivity index (χ3v) is 4.17. The largest absolute Gasteiger partial charge is 0.386 e. The number of benzene rings is 2. The molecule has 0 aliphatic carbocycles. The van der Waals surface area contributed by atoms with Gasteiger partial charge in [-0.1, -0.05) is 35.9 Å². The quantitative estimate of drug-likeness (QED) is 0.524. The highest BCUT2D eigenvalue weighted by atomic mass is 35.5. The Hall–Kier alpha value is -2.18. The van der Waals surface area contributed by atoms with Crippen LogP contribution in [0.2, 0.25) is 5.02 Å². The molecular weight excluding hydrogens is 360 g/mol. The van der Waals surface area contributed by atoms with E-state index < -0.39 is 17.7 Å². The Bertz CT molecular complexity index is 770. The molecule has 0 spiro atoms. The molecule has 2 aromatic rings. The molecule has 2 unspecified atom stereocenters. The summed E-state index contributed by atoms with van der Waals surface area (Å²) in [5.41, 5.74) is 1.18. The Balaban J connectivity index is 2.08. The normalized spacial score (nSPS) is 14.0. The van der Waals surface area contributed by atoms with Crippen LogP contribution in [0, 0.1) is 11.6 Å². The number of aliphatic imine (C=N–C) groups is 1. The van der Waals surface area contributed by atoms with Gasteiger partial charge in [0.25, 0.3) is 0 Å². The number of hydrogen-bond donors (Lipinski definition) is 3. The van der Waals surface area contributed by atoms with Crippen molar-refractivity contribution in [1.82, 2.24) is 10.6 Å². The number of halogens is 3. The number of nitrogens with one attached hydrogen (secondary N) is 2. The van der Waals surface area contributed by atoms with Gasteiger partial charge in [-0.2, -0.15) is 0 Å². The second-order valence-corrected chi connectivity index (χ2v) is 6.20. The first-order chi connectivity index (χ1) is 12.4. The molecule has 2 aromatic carbocycles. The van der Waals surface area contributed by atoms with Crippen LogP contribution in [0.4, 0.5) is 8.78 Å². The topological polar surface area (TPSA) is 56.7 Å². The van der Waals surface area contributed by atoms with Crippen molar-refractivity contribution in [2.45, 2.75) is 26.0 Å². The average molecular weight is 382 g/mol. The Morgan fingerprint density at radius 1 is 1.19 bits per heavy atom. The first kappa shape index (κ1) is 20.1. The molecule has 4 nitrogen and oxygen atoms in total. The molecule has 140 valence electrons. The minimum Gasteiger partial charge on any atom is -0.386 e. The number of nitrogens with zero attached hydrogens (tertiary/aromatic N) is 1. The third kappa shape index (κ3) is 5.41. The number of rotatable bonds is 6. The van der Waals surface area contributed by atoms with Gasteiger partial charge in [-0.15, -0.1) is 0 Å². The first-order valence-corrected chi connectivity index (χ1v) is 8.72. The van der Waals surface area contributed by atoms with Gasteiger partial charge >= 0.3 is 0 Å². The van der Waals surface area contributed by atoms with Crippen LogP contribution in [0.1, 0.15) is 37.1 Å². The van der Waals surface area contributed by atoms with E-state index >= 15 is 0 Å². The van der Waals surface area contributed by atoms with Crippen LogP contribution in [0.15, 0.2) is 47.5 Å². The number of aliphatic hydroxyl groups is 1. The van der Waals surface area contributed by atoms with Gasteiger partial charge in [0.1, 0.15) is 6.10 Å². The van der Waals surface area contributed by atoms with Crippen LogP contribution >= 0.6 is 11.6 Å². The van der Waals surface area contributed by atoms with E-state index in [9.17, 15) is 13.9 Å². The minimum atomic E-state index is -0.896. The van der Waals surface area contributed by atoms with Gasteiger partial charge in [0.05, 0.1) is 12.6 Å². The smallest absolute Gasteiger partial charge is 0.191 e. The van der Waals surface area contributed by atoms with E-state index in [2.05, 4.69) is 15.6 Å². The molecule has 26 heavy (non-hydrogen) atoms. The maximum atomic E-state index is 13.4. The highest BCUT2D eigenvalue weighted by Crippen LogP contribution is 2.22. The van der Waals surface area contributed by atoms with Crippen molar-refractivity contribution in [2.24, 2.45) is 4.99 Å². The monoisotopic (exact) mass is 381 g/mol. The zero-order chi connectivity index (χ0) is 19.1. The summed E-state index contributed by atoms with van der Waals surface area (Å²) in [6, 6.07) is 10.5. The molecule has 0 radical (unpaired) electrons. The van der Waals surface area contributed by atoms with E-state index in [1.807, 2.05) is 13.8 Å². The first-order valence-electron chi connectivity index (χ1n) is 8.34. The summed E-state index contributed by atoms with van der Waals surface area (Å²) in [5, 5.41) is 16.9. The molecule has 0 saturated heterocycles. The number of guanidine groups is 1. The Morgan fingerprint density at radius 3 is 2.58 bits per heavy atom. The van der Waals surface area contributed by atoms with Crippen molar-refractivity contribution in [2.75, 3.05) is 13.1 Å². The van der Waals surface area contributed by atoms with Crippen LogP contribution in [0.5, 0.6) is 0 Å². The van der Waals surface area contributed by atoms with Gasteiger partial charge in [0.15, 0.2) is 17.6 Å². The SMILES string of the molecule is CCNC(=NCC(O)c1ccccc1Cl)NC(C)c1ccc(F)c(F)c1. The molecular formula is C19H22ClF2N3O. The lowest BCUT2D eigenvalue weighted by molar-refractivity contribution is 0.187. The number of aliphatic hydroxyl groups excluding tert-OH is 1. The van der Waals surface area contributed by atoms with Crippen LogP contribution in [0.3, 0.4) is 0 Å². The van der Waals surface area contributed by atoms with Crippen LogP contribution in [-0.4, -0.2) is 24.2 Å². The average Bonchev–Trinajstić information content (AvgIpc) is 2.62. The van der Waals surface area contributed by atoms with Gasteiger partial charge in [-0.3, -0.25) is 4.99 Å². The minimum absolute atomic E-state index is 0.101. The zero-order valence-corrected chi connectivity index (χ0v) is 15.4. The zero-order valence-electron chi connectivity index (χ0n) is 14.6. The highest BCUT2D eigenvalue weighted by molar-refractivity contribution is 6.31. The highest BCUT2D eigenvalue weighted by Gasteiger charge is 2.13. The molecule has 2 rings (SSSR count). The van der Waals surface area contributed by atoms with E-state index in [0.29, 0.717) is 28.7 Å². The standard InChI is InChI=1S/C19H22ClF2N3O/c1-3-23-19(24-11-18(26)14-6-4-5-7-15(14)20)25-12(2)13-8-9-16(21)17(22)10-13/h4-10,12,18,26H,3,11H2,1-2H3,(H2,23,24,25). The van der Waals surface area contributed by atoms with Gasteiger partial charge in [0, 0.05) is 17.1 Å². The Morgan fingerprint density at radius 2 is 1.92 bits per heavy atom. The summed E-state index contributed by atoms with van der Waals surface area (Å²) in [4.78, 5) is 4.35. The summed E-state index contributed by atoms with van der Waals surface area (Å²) >= 11 is 6.08. The fourth-order valence-electron chi connectivity index (χ4n) is 2.41. The molecule has 0 heterocycles. The molecule has 0 aromatic heterocycles. The molecule has 0 aliphatic heterocycles. The lowest BCUT2D eigenvalue weighted by Gasteiger charge is -2.19. The van der Waals surface area contributed by atoms with Crippen molar-refractivity contribution >= 4 is 17.6 Å². The lowest BCUT2D eigenvalue weighted by Crippen LogP contribution is -2.39. The number of hydrogen-bond acceptors (Lipinski definition) is 2. The van der Waals surface area contributed by atoms with Gasteiger partial charge in [0.2, 0.25) is 0 Å². The summed E-state index contributed by atoms with van der Waals surface area (Å²) in [6.07, 6.45) is -0.849. The predicted molar refractivity (Wildman–Crippen MR) is 100 cm³/mol. The van der Waals surface area contributed by atoms with Crippen LogP contribution < -0.4 is 10.6 Å². The lowest BCUT2D eigenvalue weighted by atomic mass is 10.1. The molecule has 7 heteroatoms. The van der Waals surface area contributed by atoms with Gasteiger partial charge < -0.3 is 15.7 Å². The second-order valence-electron chi connectivity index (χ2n) is 5.80. The molecule has 0 saturated carbocycles. The van der Waals surface area contributed by atoms with Gasteiger partial charge in [-0.25, -0.2) is 8.78 Å². The fourth-order valence-corrected chi connectivity index (χ4v) is 2.67. The summed E-state index contributed by atoms with van der Waals surface area (Å²) in [5.74, 6) is -1.33. The van der Waals surface area contributed by atoms with Crippen LogP contribution in [0.25, 0.3) is 0 Å². The van der Waals surface area contributed by atoms with Crippen molar-refractivity contribution in [3.63, 3.8) is 0 Å². The van der Waals surface area contributed by atoms with Crippen molar-refractivity contribution in [3.8, 4) is 0 Å². The van der Waals surface area contributed by atoms with E-state index in [-0.39, 0.29) is 12.6 Å². The molecule has 3 N–H and O–H groups in total.